The second-order valence-corrected chi connectivity index (χ2v) is 6.16. The molecule has 2 aliphatic carbocycles. The Labute approximate surface area is 106 Å². The Morgan fingerprint density at radius 1 is 1.24 bits per heavy atom. The number of rotatable bonds is 8. The van der Waals surface area contributed by atoms with Crippen LogP contribution < -0.4 is 10.6 Å². The van der Waals surface area contributed by atoms with Crippen LogP contribution in [0.5, 0.6) is 0 Å². The van der Waals surface area contributed by atoms with Gasteiger partial charge in [-0.05, 0) is 38.6 Å². The van der Waals surface area contributed by atoms with Gasteiger partial charge in [0, 0.05) is 31.2 Å². The standard InChI is InChI=1S/C14H28N2O/c1-4-17-13-9-12(14(13,2)3)16-8-7-15-10-11-5-6-11/h11-13,15-16H,4-10H2,1-3H3. The summed E-state index contributed by atoms with van der Waals surface area (Å²) in [6, 6.07) is 0.627. The molecule has 2 rings (SSSR count). The molecule has 0 aromatic rings. The lowest BCUT2D eigenvalue weighted by Gasteiger charge is -2.52. The van der Waals surface area contributed by atoms with Crippen molar-refractivity contribution >= 4 is 0 Å². The van der Waals surface area contributed by atoms with Gasteiger partial charge in [0.15, 0.2) is 0 Å². The second kappa shape index (κ2) is 5.68. The van der Waals surface area contributed by atoms with Gasteiger partial charge < -0.3 is 15.4 Å². The Morgan fingerprint density at radius 2 is 2.00 bits per heavy atom. The minimum absolute atomic E-state index is 0.298. The van der Waals surface area contributed by atoms with E-state index in [1.165, 1.54) is 25.8 Å². The number of nitrogens with one attached hydrogen (secondary N) is 2. The lowest BCUT2D eigenvalue weighted by atomic mass is 9.64. The van der Waals surface area contributed by atoms with Crippen molar-refractivity contribution < 1.29 is 4.74 Å². The molecule has 0 aliphatic heterocycles. The van der Waals surface area contributed by atoms with E-state index in [4.69, 9.17) is 4.74 Å². The van der Waals surface area contributed by atoms with Gasteiger partial charge in [0.25, 0.3) is 0 Å². The summed E-state index contributed by atoms with van der Waals surface area (Å²) in [5.41, 5.74) is 0.298. The van der Waals surface area contributed by atoms with Gasteiger partial charge in [-0.2, -0.15) is 0 Å². The highest BCUT2D eigenvalue weighted by molar-refractivity contribution is 5.02. The number of hydrogen-bond donors (Lipinski definition) is 2. The van der Waals surface area contributed by atoms with Crippen LogP contribution in [0.4, 0.5) is 0 Å². The molecule has 100 valence electrons. The molecule has 17 heavy (non-hydrogen) atoms. The van der Waals surface area contributed by atoms with E-state index in [9.17, 15) is 0 Å². The molecule has 2 N–H and O–H groups in total. The number of hydrogen-bond acceptors (Lipinski definition) is 3. The summed E-state index contributed by atoms with van der Waals surface area (Å²) >= 11 is 0. The first kappa shape index (κ1) is 13.3. The molecule has 2 fully saturated rings. The Hall–Kier alpha value is -0.120. The predicted octanol–water partition coefficient (Wildman–Crippen LogP) is 1.78. The highest BCUT2D eigenvalue weighted by Crippen LogP contribution is 2.42. The van der Waals surface area contributed by atoms with Crippen molar-refractivity contribution in [3.8, 4) is 0 Å². The third-order valence-electron chi connectivity index (χ3n) is 4.37. The quantitative estimate of drug-likeness (QED) is 0.635. The van der Waals surface area contributed by atoms with Crippen LogP contribution >= 0.6 is 0 Å². The lowest BCUT2D eigenvalue weighted by Crippen LogP contribution is -2.61. The number of ether oxygens (including phenoxy) is 1. The van der Waals surface area contributed by atoms with Crippen molar-refractivity contribution in [2.75, 3.05) is 26.2 Å². The molecule has 0 spiro atoms. The van der Waals surface area contributed by atoms with Crippen LogP contribution in [-0.4, -0.2) is 38.4 Å². The van der Waals surface area contributed by atoms with Crippen LogP contribution in [0.15, 0.2) is 0 Å². The van der Waals surface area contributed by atoms with E-state index < -0.39 is 0 Å². The molecule has 0 saturated heterocycles. The molecule has 3 nitrogen and oxygen atoms in total. The molecule has 0 bridgehead atoms. The summed E-state index contributed by atoms with van der Waals surface area (Å²) in [5.74, 6) is 0.984. The highest BCUT2D eigenvalue weighted by atomic mass is 16.5. The Bertz CT molecular complexity index is 238. The van der Waals surface area contributed by atoms with E-state index in [0.29, 0.717) is 17.6 Å². The van der Waals surface area contributed by atoms with E-state index >= 15 is 0 Å². The molecule has 0 heterocycles. The van der Waals surface area contributed by atoms with Crippen molar-refractivity contribution in [3.63, 3.8) is 0 Å². The molecule has 0 aromatic heterocycles. The van der Waals surface area contributed by atoms with E-state index in [0.717, 1.165) is 25.6 Å². The van der Waals surface area contributed by atoms with Gasteiger partial charge in [0.1, 0.15) is 0 Å². The highest BCUT2D eigenvalue weighted by Gasteiger charge is 2.48. The molecular formula is C14H28N2O. The van der Waals surface area contributed by atoms with Crippen LogP contribution in [-0.2, 0) is 4.74 Å². The smallest absolute Gasteiger partial charge is 0.0655 e. The first-order valence-corrected chi connectivity index (χ1v) is 7.20. The molecule has 0 radical (unpaired) electrons. The molecule has 0 amide bonds. The largest absolute Gasteiger partial charge is 0.378 e. The molecule has 2 atom stereocenters. The maximum Gasteiger partial charge on any atom is 0.0655 e. The zero-order chi connectivity index (χ0) is 12.3. The third kappa shape index (κ3) is 3.43. The molecule has 0 aromatic carbocycles. The van der Waals surface area contributed by atoms with Crippen molar-refractivity contribution in [1.29, 1.82) is 0 Å². The minimum Gasteiger partial charge on any atom is -0.378 e. The SMILES string of the molecule is CCOC1CC(NCCNCC2CC2)C1(C)C. The van der Waals surface area contributed by atoms with Gasteiger partial charge >= 0.3 is 0 Å². The van der Waals surface area contributed by atoms with Crippen LogP contribution in [0, 0.1) is 11.3 Å². The summed E-state index contributed by atoms with van der Waals surface area (Å²) < 4.78 is 5.73. The van der Waals surface area contributed by atoms with Crippen LogP contribution in [0.2, 0.25) is 0 Å². The maximum atomic E-state index is 5.73. The first-order valence-electron chi connectivity index (χ1n) is 7.20. The van der Waals surface area contributed by atoms with E-state index in [-0.39, 0.29) is 0 Å². The van der Waals surface area contributed by atoms with Crippen LogP contribution in [0.1, 0.15) is 40.0 Å². The lowest BCUT2D eigenvalue weighted by molar-refractivity contribution is -0.113. The first-order chi connectivity index (χ1) is 8.14. The Balaban J connectivity index is 1.54. The zero-order valence-corrected chi connectivity index (χ0v) is 11.6. The topological polar surface area (TPSA) is 33.3 Å². The fourth-order valence-electron chi connectivity index (χ4n) is 2.68. The average Bonchev–Trinajstić information content (AvgIpc) is 3.10. The maximum absolute atomic E-state index is 5.73. The van der Waals surface area contributed by atoms with Crippen LogP contribution in [0.3, 0.4) is 0 Å². The van der Waals surface area contributed by atoms with Gasteiger partial charge in [-0.1, -0.05) is 13.8 Å². The van der Waals surface area contributed by atoms with Gasteiger partial charge in [0.05, 0.1) is 6.10 Å². The van der Waals surface area contributed by atoms with Gasteiger partial charge in [-0.3, -0.25) is 0 Å². The van der Waals surface area contributed by atoms with Crippen molar-refractivity contribution in [2.45, 2.75) is 52.2 Å². The van der Waals surface area contributed by atoms with Gasteiger partial charge in [-0.15, -0.1) is 0 Å². The van der Waals surface area contributed by atoms with E-state index in [2.05, 4.69) is 31.4 Å². The summed E-state index contributed by atoms with van der Waals surface area (Å²) in [7, 11) is 0. The molecule has 2 aliphatic rings. The summed E-state index contributed by atoms with van der Waals surface area (Å²) in [6.07, 6.45) is 4.49. The molecule has 2 saturated carbocycles. The summed E-state index contributed by atoms with van der Waals surface area (Å²) in [5, 5.41) is 7.17. The molecule has 3 heteroatoms. The van der Waals surface area contributed by atoms with E-state index in [1.807, 2.05) is 0 Å². The Kier molecular flexibility index (Phi) is 4.45. The van der Waals surface area contributed by atoms with E-state index in [1.54, 1.807) is 0 Å². The second-order valence-electron chi connectivity index (χ2n) is 6.16. The minimum atomic E-state index is 0.298. The summed E-state index contributed by atoms with van der Waals surface area (Å²) in [4.78, 5) is 0. The van der Waals surface area contributed by atoms with Crippen molar-refractivity contribution in [3.05, 3.63) is 0 Å². The normalized spacial score (nSPS) is 31.2. The third-order valence-corrected chi connectivity index (χ3v) is 4.37. The van der Waals surface area contributed by atoms with Crippen LogP contribution in [0.25, 0.3) is 0 Å². The summed E-state index contributed by atoms with van der Waals surface area (Å²) in [6.45, 7) is 10.9. The van der Waals surface area contributed by atoms with Gasteiger partial charge in [0.2, 0.25) is 0 Å². The monoisotopic (exact) mass is 240 g/mol. The van der Waals surface area contributed by atoms with Crippen molar-refractivity contribution in [1.82, 2.24) is 10.6 Å². The molecule has 2 unspecified atom stereocenters. The average molecular weight is 240 g/mol. The van der Waals surface area contributed by atoms with Gasteiger partial charge in [-0.25, -0.2) is 0 Å². The fraction of sp³-hybridized carbons (Fsp3) is 1.00. The predicted molar refractivity (Wildman–Crippen MR) is 71.2 cm³/mol. The Morgan fingerprint density at radius 3 is 2.59 bits per heavy atom. The fourth-order valence-corrected chi connectivity index (χ4v) is 2.68. The van der Waals surface area contributed by atoms with Crippen molar-refractivity contribution in [2.24, 2.45) is 11.3 Å². The zero-order valence-electron chi connectivity index (χ0n) is 11.6. The molecular weight excluding hydrogens is 212 g/mol.